The molecule has 0 aliphatic rings. The Hall–Kier alpha value is -2.68. The Labute approximate surface area is 124 Å². The van der Waals surface area contributed by atoms with Crippen molar-refractivity contribution >= 4 is 0 Å². The van der Waals surface area contributed by atoms with E-state index in [1.165, 1.54) is 5.56 Å². The van der Waals surface area contributed by atoms with Crippen LogP contribution in [0, 0.1) is 6.92 Å². The van der Waals surface area contributed by atoms with Crippen molar-refractivity contribution in [1.29, 1.82) is 0 Å². The summed E-state index contributed by atoms with van der Waals surface area (Å²) in [5.41, 5.74) is 4.11. The maximum absolute atomic E-state index is 5.83. The number of aromatic nitrogens is 2. The van der Waals surface area contributed by atoms with Crippen molar-refractivity contribution in [3.63, 3.8) is 0 Å². The Morgan fingerprint density at radius 3 is 2.33 bits per heavy atom. The molecule has 2 aromatic carbocycles. The quantitative estimate of drug-likeness (QED) is 0.721. The number of ether oxygens (including phenoxy) is 1. The van der Waals surface area contributed by atoms with Crippen LogP contribution in [0.15, 0.2) is 67.0 Å². The van der Waals surface area contributed by atoms with Crippen molar-refractivity contribution in [3.05, 3.63) is 78.1 Å². The first-order valence-electron chi connectivity index (χ1n) is 6.88. The van der Waals surface area contributed by atoms with Gasteiger partial charge in [0.25, 0.3) is 0 Å². The highest BCUT2D eigenvalue weighted by Gasteiger charge is 2.09. The third-order valence-electron chi connectivity index (χ3n) is 3.21. The maximum atomic E-state index is 5.83. The smallest absolute Gasteiger partial charge is 0.240 e. The van der Waals surface area contributed by atoms with Crippen molar-refractivity contribution in [1.82, 2.24) is 9.97 Å². The summed E-state index contributed by atoms with van der Waals surface area (Å²) in [6.45, 7) is 2.55. The maximum Gasteiger partial charge on any atom is 0.240 e. The Kier molecular flexibility index (Phi) is 3.92. The summed E-state index contributed by atoms with van der Waals surface area (Å²) in [5.74, 6) is 0.560. The lowest BCUT2D eigenvalue weighted by Crippen LogP contribution is -2.00. The van der Waals surface area contributed by atoms with Gasteiger partial charge in [-0.2, -0.15) is 0 Å². The van der Waals surface area contributed by atoms with Crippen LogP contribution in [0.2, 0.25) is 0 Å². The molecule has 0 fully saturated rings. The minimum absolute atomic E-state index is 0.485. The van der Waals surface area contributed by atoms with E-state index in [0.717, 1.165) is 16.8 Å². The van der Waals surface area contributed by atoms with Crippen molar-refractivity contribution in [2.45, 2.75) is 13.5 Å². The Bertz CT molecular complexity index is 709. The molecule has 1 aromatic heterocycles. The highest BCUT2D eigenvalue weighted by atomic mass is 16.5. The minimum Gasteiger partial charge on any atom is -0.471 e. The number of benzene rings is 2. The van der Waals surface area contributed by atoms with Gasteiger partial charge in [0.1, 0.15) is 12.3 Å². The Morgan fingerprint density at radius 1 is 0.857 bits per heavy atom. The normalized spacial score (nSPS) is 10.3. The molecule has 21 heavy (non-hydrogen) atoms. The molecule has 0 amide bonds. The lowest BCUT2D eigenvalue weighted by atomic mass is 10.1. The molecule has 0 saturated heterocycles. The Balaban J connectivity index is 1.84. The fourth-order valence-electron chi connectivity index (χ4n) is 2.07. The SMILES string of the molecule is Cc1ccc(-c2nccnc2OCc2ccccc2)cc1. The predicted octanol–water partition coefficient (Wildman–Crippen LogP) is 4.03. The molecule has 0 aliphatic carbocycles. The van der Waals surface area contributed by atoms with Crippen LogP contribution in [0.25, 0.3) is 11.3 Å². The molecule has 0 spiro atoms. The van der Waals surface area contributed by atoms with Gasteiger partial charge in [-0.05, 0) is 12.5 Å². The Morgan fingerprint density at radius 2 is 1.57 bits per heavy atom. The van der Waals surface area contributed by atoms with Gasteiger partial charge in [0.05, 0.1) is 0 Å². The lowest BCUT2D eigenvalue weighted by Gasteiger charge is -2.09. The molecule has 0 radical (unpaired) electrons. The summed E-state index contributed by atoms with van der Waals surface area (Å²) in [4.78, 5) is 8.71. The van der Waals surface area contributed by atoms with Crippen LogP contribution in [-0.4, -0.2) is 9.97 Å². The molecule has 104 valence electrons. The summed E-state index contributed by atoms with van der Waals surface area (Å²) >= 11 is 0. The first-order valence-corrected chi connectivity index (χ1v) is 6.88. The van der Waals surface area contributed by atoms with Gasteiger partial charge in [0.2, 0.25) is 5.88 Å². The molecular weight excluding hydrogens is 260 g/mol. The van der Waals surface area contributed by atoms with Gasteiger partial charge in [-0.15, -0.1) is 0 Å². The standard InChI is InChI=1S/C18H16N2O/c1-14-7-9-16(10-8-14)17-18(20-12-11-19-17)21-13-15-5-3-2-4-6-15/h2-12H,13H2,1H3. The molecule has 3 nitrogen and oxygen atoms in total. The highest BCUT2D eigenvalue weighted by Crippen LogP contribution is 2.26. The van der Waals surface area contributed by atoms with E-state index >= 15 is 0 Å². The van der Waals surface area contributed by atoms with Crippen LogP contribution in [0.3, 0.4) is 0 Å². The van der Waals surface area contributed by atoms with Crippen molar-refractivity contribution in [3.8, 4) is 17.1 Å². The molecule has 3 rings (SSSR count). The van der Waals surface area contributed by atoms with E-state index in [1.54, 1.807) is 12.4 Å². The van der Waals surface area contributed by atoms with Gasteiger partial charge in [-0.3, -0.25) is 0 Å². The molecule has 0 N–H and O–H groups in total. The van der Waals surface area contributed by atoms with Gasteiger partial charge in [-0.1, -0.05) is 60.2 Å². The fourth-order valence-corrected chi connectivity index (χ4v) is 2.07. The predicted molar refractivity (Wildman–Crippen MR) is 83.0 cm³/mol. The second-order valence-electron chi connectivity index (χ2n) is 4.85. The summed E-state index contributed by atoms with van der Waals surface area (Å²) in [6, 6.07) is 18.2. The van der Waals surface area contributed by atoms with E-state index in [-0.39, 0.29) is 0 Å². The van der Waals surface area contributed by atoms with E-state index in [9.17, 15) is 0 Å². The van der Waals surface area contributed by atoms with Crippen LogP contribution in [0.1, 0.15) is 11.1 Å². The summed E-state index contributed by atoms with van der Waals surface area (Å²) in [5, 5.41) is 0. The van der Waals surface area contributed by atoms with Crippen LogP contribution in [-0.2, 0) is 6.61 Å². The molecule has 0 bridgehead atoms. The molecule has 1 heterocycles. The van der Waals surface area contributed by atoms with Crippen LogP contribution >= 0.6 is 0 Å². The molecular formula is C18H16N2O. The fraction of sp³-hybridized carbons (Fsp3) is 0.111. The third kappa shape index (κ3) is 3.26. The van der Waals surface area contributed by atoms with Gasteiger partial charge >= 0.3 is 0 Å². The van der Waals surface area contributed by atoms with Crippen LogP contribution in [0.4, 0.5) is 0 Å². The zero-order valence-corrected chi connectivity index (χ0v) is 11.9. The van der Waals surface area contributed by atoms with Crippen molar-refractivity contribution in [2.75, 3.05) is 0 Å². The van der Waals surface area contributed by atoms with Gasteiger partial charge in [-0.25, -0.2) is 9.97 Å². The van der Waals surface area contributed by atoms with Crippen molar-refractivity contribution in [2.24, 2.45) is 0 Å². The average molecular weight is 276 g/mol. The second-order valence-corrected chi connectivity index (χ2v) is 4.85. The van der Waals surface area contributed by atoms with E-state index in [4.69, 9.17) is 4.74 Å². The summed E-state index contributed by atoms with van der Waals surface area (Å²) in [6.07, 6.45) is 3.34. The highest BCUT2D eigenvalue weighted by molar-refractivity contribution is 5.64. The van der Waals surface area contributed by atoms with E-state index in [0.29, 0.717) is 12.5 Å². The van der Waals surface area contributed by atoms with Crippen molar-refractivity contribution < 1.29 is 4.74 Å². The lowest BCUT2D eigenvalue weighted by molar-refractivity contribution is 0.294. The van der Waals surface area contributed by atoms with Crippen LogP contribution < -0.4 is 4.74 Å². The molecule has 0 unspecified atom stereocenters. The number of hydrogen-bond acceptors (Lipinski definition) is 3. The second kappa shape index (κ2) is 6.18. The topological polar surface area (TPSA) is 35.0 Å². The first-order chi connectivity index (χ1) is 10.3. The summed E-state index contributed by atoms with van der Waals surface area (Å²) in [7, 11) is 0. The number of aryl methyl sites for hydroxylation is 1. The minimum atomic E-state index is 0.485. The van der Waals surface area contributed by atoms with E-state index in [1.807, 2.05) is 42.5 Å². The van der Waals surface area contributed by atoms with Crippen LogP contribution in [0.5, 0.6) is 5.88 Å². The van der Waals surface area contributed by atoms with Gasteiger partial charge in [0.15, 0.2) is 0 Å². The molecule has 3 aromatic rings. The third-order valence-corrected chi connectivity index (χ3v) is 3.21. The van der Waals surface area contributed by atoms with Gasteiger partial charge < -0.3 is 4.74 Å². The zero-order valence-electron chi connectivity index (χ0n) is 11.9. The zero-order chi connectivity index (χ0) is 14.5. The molecule has 3 heteroatoms. The van der Waals surface area contributed by atoms with Gasteiger partial charge in [0, 0.05) is 18.0 Å². The summed E-state index contributed by atoms with van der Waals surface area (Å²) < 4.78 is 5.83. The number of hydrogen-bond donors (Lipinski definition) is 0. The first kappa shape index (κ1) is 13.3. The van der Waals surface area contributed by atoms with E-state index in [2.05, 4.69) is 29.0 Å². The number of rotatable bonds is 4. The molecule has 0 saturated carbocycles. The largest absolute Gasteiger partial charge is 0.471 e. The monoisotopic (exact) mass is 276 g/mol. The molecule has 0 atom stereocenters. The number of nitrogens with zero attached hydrogens (tertiary/aromatic N) is 2. The van der Waals surface area contributed by atoms with E-state index < -0.39 is 0 Å². The average Bonchev–Trinajstić information content (AvgIpc) is 2.55. The molecule has 0 aliphatic heterocycles.